The van der Waals surface area contributed by atoms with Crippen molar-refractivity contribution in [3.05, 3.63) is 59.7 Å². The van der Waals surface area contributed by atoms with Gasteiger partial charge in [-0.3, -0.25) is 9.59 Å². The van der Waals surface area contributed by atoms with Gasteiger partial charge < -0.3 is 10.2 Å². The highest BCUT2D eigenvalue weighted by molar-refractivity contribution is 7.89. The average Bonchev–Trinajstić information content (AvgIpc) is 3.34. The molecule has 0 bridgehead atoms. The van der Waals surface area contributed by atoms with Crippen LogP contribution in [0.5, 0.6) is 0 Å². The molecular formula is C25H28F3N3O4S. The highest BCUT2D eigenvalue weighted by atomic mass is 32.2. The third kappa shape index (κ3) is 5.57. The standard InChI is InChI=1S/C25H28F3N3O4S/c1-17-7-9-21(10-8-17)36(34,35)30-14-11-18(12-15-30)24(33)31-13-3-6-22(31)23(32)29-20-5-2-4-19(16-20)25(26,27)28/h2,4-5,7-10,16,18,22H,3,6,11-15H2,1H3,(H,29,32)/t22-/m0/s1. The number of rotatable bonds is 5. The van der Waals surface area contributed by atoms with E-state index in [1.165, 1.54) is 21.3 Å². The van der Waals surface area contributed by atoms with Gasteiger partial charge in [-0.25, -0.2) is 8.42 Å². The molecule has 2 heterocycles. The maximum atomic E-state index is 13.2. The summed E-state index contributed by atoms with van der Waals surface area (Å²) < 4.78 is 66.2. The van der Waals surface area contributed by atoms with Crippen molar-refractivity contribution in [1.82, 2.24) is 9.21 Å². The molecular weight excluding hydrogens is 495 g/mol. The van der Waals surface area contributed by atoms with Gasteiger partial charge in [-0.2, -0.15) is 17.5 Å². The van der Waals surface area contributed by atoms with E-state index >= 15 is 0 Å². The molecule has 2 aromatic rings. The third-order valence-corrected chi connectivity index (χ3v) is 8.67. The van der Waals surface area contributed by atoms with Gasteiger partial charge in [0.2, 0.25) is 21.8 Å². The van der Waals surface area contributed by atoms with Crippen molar-refractivity contribution in [3.63, 3.8) is 0 Å². The van der Waals surface area contributed by atoms with Crippen LogP contribution in [-0.2, 0) is 25.8 Å². The summed E-state index contributed by atoms with van der Waals surface area (Å²) in [5.74, 6) is -1.17. The Morgan fingerprint density at radius 2 is 1.64 bits per heavy atom. The number of hydrogen-bond donors (Lipinski definition) is 1. The minimum Gasteiger partial charge on any atom is -0.330 e. The molecule has 2 aromatic carbocycles. The maximum absolute atomic E-state index is 13.2. The van der Waals surface area contributed by atoms with Crippen LogP contribution in [0.3, 0.4) is 0 Å². The van der Waals surface area contributed by atoms with Crippen molar-refractivity contribution in [3.8, 4) is 0 Å². The fraction of sp³-hybridized carbons (Fsp3) is 0.440. The van der Waals surface area contributed by atoms with Crippen molar-refractivity contribution in [2.45, 2.75) is 49.7 Å². The number of nitrogens with one attached hydrogen (secondary N) is 1. The Kier molecular flexibility index (Phi) is 7.42. The van der Waals surface area contributed by atoms with Crippen LogP contribution in [0.1, 0.15) is 36.8 Å². The zero-order chi connectivity index (χ0) is 26.1. The molecule has 0 spiro atoms. The Bertz CT molecular complexity index is 1220. The van der Waals surface area contributed by atoms with E-state index < -0.39 is 39.6 Å². The molecule has 4 rings (SSSR count). The van der Waals surface area contributed by atoms with Crippen molar-refractivity contribution < 1.29 is 31.2 Å². The Balaban J connectivity index is 1.38. The van der Waals surface area contributed by atoms with Crippen LogP contribution in [0.4, 0.5) is 18.9 Å². The average molecular weight is 524 g/mol. The van der Waals surface area contributed by atoms with Crippen molar-refractivity contribution in [2.75, 3.05) is 25.0 Å². The second kappa shape index (κ2) is 10.2. The van der Waals surface area contributed by atoms with Gasteiger partial charge in [-0.1, -0.05) is 23.8 Å². The first-order valence-corrected chi connectivity index (χ1v) is 13.3. The van der Waals surface area contributed by atoms with E-state index in [2.05, 4.69) is 5.32 Å². The molecule has 1 N–H and O–H groups in total. The molecule has 0 saturated carbocycles. The summed E-state index contributed by atoms with van der Waals surface area (Å²) >= 11 is 0. The highest BCUT2D eigenvalue weighted by Gasteiger charge is 2.40. The normalized spacial score (nSPS) is 19.9. The third-order valence-electron chi connectivity index (χ3n) is 6.76. The molecule has 36 heavy (non-hydrogen) atoms. The summed E-state index contributed by atoms with van der Waals surface area (Å²) in [5, 5.41) is 2.51. The fourth-order valence-corrected chi connectivity index (χ4v) is 6.21. The lowest BCUT2D eigenvalue weighted by molar-refractivity contribution is -0.141. The highest BCUT2D eigenvalue weighted by Crippen LogP contribution is 2.32. The zero-order valence-electron chi connectivity index (χ0n) is 19.8. The summed E-state index contributed by atoms with van der Waals surface area (Å²) in [6, 6.07) is 10.2. The molecule has 0 aromatic heterocycles. The van der Waals surface area contributed by atoms with Crippen molar-refractivity contribution >= 4 is 27.5 Å². The van der Waals surface area contributed by atoms with Gasteiger partial charge in [0.1, 0.15) is 6.04 Å². The number of benzene rings is 2. The van der Waals surface area contributed by atoms with E-state index in [9.17, 15) is 31.2 Å². The first-order chi connectivity index (χ1) is 17.0. The largest absolute Gasteiger partial charge is 0.416 e. The first kappa shape index (κ1) is 26.2. The molecule has 0 unspecified atom stereocenters. The van der Waals surface area contributed by atoms with Crippen LogP contribution < -0.4 is 5.32 Å². The van der Waals surface area contributed by atoms with Gasteiger partial charge in [0, 0.05) is 31.2 Å². The predicted octanol–water partition coefficient (Wildman–Crippen LogP) is 4.04. The second-order valence-electron chi connectivity index (χ2n) is 9.25. The lowest BCUT2D eigenvalue weighted by Crippen LogP contribution is -2.48. The number of carbonyl (C=O) groups excluding carboxylic acids is 2. The van der Waals surface area contributed by atoms with E-state index in [1.54, 1.807) is 24.3 Å². The minimum atomic E-state index is -4.53. The van der Waals surface area contributed by atoms with Crippen LogP contribution in [-0.4, -0.2) is 55.1 Å². The number of amides is 2. The molecule has 2 saturated heterocycles. The topological polar surface area (TPSA) is 86.8 Å². The number of likely N-dealkylation sites (tertiary alicyclic amines) is 1. The lowest BCUT2D eigenvalue weighted by Gasteiger charge is -2.34. The Labute approximate surface area is 208 Å². The Morgan fingerprint density at radius 1 is 0.972 bits per heavy atom. The maximum Gasteiger partial charge on any atom is 0.416 e. The summed E-state index contributed by atoms with van der Waals surface area (Å²) in [4.78, 5) is 27.8. The predicted molar refractivity (Wildman–Crippen MR) is 127 cm³/mol. The fourth-order valence-electron chi connectivity index (χ4n) is 4.74. The van der Waals surface area contributed by atoms with Crippen LogP contribution in [0, 0.1) is 12.8 Å². The van der Waals surface area contributed by atoms with Gasteiger partial charge in [-0.05, 0) is 62.9 Å². The molecule has 2 aliphatic heterocycles. The van der Waals surface area contributed by atoms with E-state index in [4.69, 9.17) is 0 Å². The summed E-state index contributed by atoms with van der Waals surface area (Å²) in [6.07, 6.45) is -2.84. The van der Waals surface area contributed by atoms with E-state index in [0.29, 0.717) is 32.2 Å². The molecule has 0 radical (unpaired) electrons. The quantitative estimate of drug-likeness (QED) is 0.641. The number of sulfonamides is 1. The SMILES string of the molecule is Cc1ccc(S(=O)(=O)N2CCC(C(=O)N3CCC[C@H]3C(=O)Nc3cccc(C(F)(F)F)c3)CC2)cc1. The molecule has 7 nitrogen and oxygen atoms in total. The number of piperidine rings is 1. The summed E-state index contributed by atoms with van der Waals surface area (Å²) in [7, 11) is -3.66. The molecule has 11 heteroatoms. The van der Waals surface area contributed by atoms with Gasteiger partial charge in [0.25, 0.3) is 0 Å². The molecule has 1 atom stereocenters. The zero-order valence-corrected chi connectivity index (χ0v) is 20.6. The van der Waals surface area contributed by atoms with Crippen molar-refractivity contribution in [1.29, 1.82) is 0 Å². The smallest absolute Gasteiger partial charge is 0.330 e. The first-order valence-electron chi connectivity index (χ1n) is 11.8. The summed E-state index contributed by atoms with van der Waals surface area (Å²) in [5.41, 5.74) is 0.103. The van der Waals surface area contributed by atoms with E-state index in [-0.39, 0.29) is 29.6 Å². The van der Waals surface area contributed by atoms with Crippen LogP contribution >= 0.6 is 0 Å². The number of alkyl halides is 3. The molecule has 2 aliphatic rings. The van der Waals surface area contributed by atoms with Crippen molar-refractivity contribution in [2.24, 2.45) is 5.92 Å². The Hall–Kier alpha value is -2.92. The number of nitrogens with zero attached hydrogens (tertiary/aromatic N) is 2. The number of anilines is 1. The van der Waals surface area contributed by atoms with Gasteiger partial charge >= 0.3 is 6.18 Å². The monoisotopic (exact) mass is 523 g/mol. The van der Waals surface area contributed by atoms with Crippen LogP contribution in [0.15, 0.2) is 53.4 Å². The van der Waals surface area contributed by atoms with Crippen LogP contribution in [0.2, 0.25) is 0 Å². The number of carbonyl (C=O) groups is 2. The summed E-state index contributed by atoms with van der Waals surface area (Å²) in [6.45, 7) is 2.64. The van der Waals surface area contributed by atoms with Gasteiger partial charge in [0.15, 0.2) is 0 Å². The molecule has 2 amide bonds. The van der Waals surface area contributed by atoms with Gasteiger partial charge in [-0.15, -0.1) is 0 Å². The van der Waals surface area contributed by atoms with Crippen LogP contribution in [0.25, 0.3) is 0 Å². The van der Waals surface area contributed by atoms with E-state index in [0.717, 1.165) is 17.7 Å². The molecule has 194 valence electrons. The van der Waals surface area contributed by atoms with Gasteiger partial charge in [0.05, 0.1) is 10.5 Å². The van der Waals surface area contributed by atoms with E-state index in [1.807, 2.05) is 6.92 Å². The number of hydrogen-bond acceptors (Lipinski definition) is 4. The number of halogens is 3. The Morgan fingerprint density at radius 3 is 2.28 bits per heavy atom. The molecule has 0 aliphatic carbocycles. The lowest BCUT2D eigenvalue weighted by atomic mass is 9.96. The minimum absolute atomic E-state index is 0.0174. The number of aryl methyl sites for hydroxylation is 1. The second-order valence-corrected chi connectivity index (χ2v) is 11.2. The molecule has 2 fully saturated rings.